The van der Waals surface area contributed by atoms with E-state index in [2.05, 4.69) is 5.32 Å². The molecule has 0 saturated heterocycles. The van der Waals surface area contributed by atoms with Crippen molar-refractivity contribution < 1.29 is 14.5 Å². The Balaban J connectivity index is 2.10. The predicted octanol–water partition coefficient (Wildman–Crippen LogP) is 3.93. The lowest BCUT2D eigenvalue weighted by Gasteiger charge is -2.17. The molecule has 24 heavy (non-hydrogen) atoms. The van der Waals surface area contributed by atoms with Crippen molar-refractivity contribution in [3.8, 4) is 5.75 Å². The van der Waals surface area contributed by atoms with Gasteiger partial charge in [-0.15, -0.1) is 0 Å². The van der Waals surface area contributed by atoms with Crippen molar-refractivity contribution in [1.82, 2.24) is 0 Å². The molecule has 0 fully saturated rings. The molecule has 1 unspecified atom stereocenters. The molecule has 0 bridgehead atoms. The van der Waals surface area contributed by atoms with Gasteiger partial charge >= 0.3 is 0 Å². The van der Waals surface area contributed by atoms with E-state index in [1.165, 1.54) is 6.07 Å². The first-order valence-electron chi connectivity index (χ1n) is 7.58. The van der Waals surface area contributed by atoms with Gasteiger partial charge in [0.2, 0.25) is 0 Å². The average molecular weight is 328 g/mol. The number of hydrogen-bond donors (Lipinski definition) is 1. The molecule has 0 aliphatic rings. The molecule has 0 aliphatic heterocycles. The van der Waals surface area contributed by atoms with Crippen molar-refractivity contribution in [1.29, 1.82) is 0 Å². The van der Waals surface area contributed by atoms with E-state index < -0.39 is 11.0 Å². The van der Waals surface area contributed by atoms with Crippen LogP contribution in [0.4, 0.5) is 11.4 Å². The van der Waals surface area contributed by atoms with E-state index in [4.69, 9.17) is 4.74 Å². The molecular weight excluding hydrogens is 308 g/mol. The summed E-state index contributed by atoms with van der Waals surface area (Å²) in [6.07, 6.45) is -0.731. The van der Waals surface area contributed by atoms with Gasteiger partial charge in [-0.2, -0.15) is 0 Å². The van der Waals surface area contributed by atoms with Crippen molar-refractivity contribution in [2.24, 2.45) is 0 Å². The number of ether oxygens (including phenoxy) is 1. The summed E-state index contributed by atoms with van der Waals surface area (Å²) < 4.78 is 5.72. The second-order valence-electron chi connectivity index (χ2n) is 5.71. The van der Waals surface area contributed by atoms with Gasteiger partial charge in [0.05, 0.1) is 4.92 Å². The van der Waals surface area contributed by atoms with E-state index in [9.17, 15) is 14.9 Å². The molecule has 1 atom stereocenters. The van der Waals surface area contributed by atoms with Crippen molar-refractivity contribution in [3.63, 3.8) is 0 Å². The van der Waals surface area contributed by atoms with Crippen LogP contribution in [0, 0.1) is 30.9 Å². The van der Waals surface area contributed by atoms with Crippen molar-refractivity contribution in [3.05, 3.63) is 63.2 Å². The number of amides is 1. The quantitative estimate of drug-likeness (QED) is 0.666. The highest BCUT2D eigenvalue weighted by atomic mass is 16.6. The number of nitro groups is 1. The smallest absolute Gasteiger partial charge is 0.274 e. The Kier molecular flexibility index (Phi) is 5.18. The van der Waals surface area contributed by atoms with Crippen molar-refractivity contribution in [2.45, 2.75) is 33.8 Å². The van der Waals surface area contributed by atoms with Crippen LogP contribution in [0.2, 0.25) is 0 Å². The molecule has 0 aromatic heterocycles. The number of nitrogens with zero attached hydrogens (tertiary/aromatic N) is 1. The first-order valence-corrected chi connectivity index (χ1v) is 7.58. The number of aryl methyl sites for hydroxylation is 2. The van der Waals surface area contributed by atoms with E-state index in [1.54, 1.807) is 26.0 Å². The van der Waals surface area contributed by atoms with Crippen LogP contribution in [-0.4, -0.2) is 16.9 Å². The van der Waals surface area contributed by atoms with E-state index in [-0.39, 0.29) is 11.6 Å². The highest BCUT2D eigenvalue weighted by Gasteiger charge is 2.18. The molecule has 2 rings (SSSR count). The number of carbonyl (C=O) groups is 1. The Morgan fingerprint density at radius 3 is 2.54 bits per heavy atom. The second kappa shape index (κ2) is 7.12. The predicted molar refractivity (Wildman–Crippen MR) is 92.5 cm³/mol. The number of nitrogens with one attached hydrogen (secondary N) is 1. The highest BCUT2D eigenvalue weighted by Crippen LogP contribution is 2.24. The standard InChI is InChI=1S/C18H20N2O4/c1-11-6-5-7-17(13(11)3)24-14(4)18(21)19-15-9-8-12(2)16(10-15)20(22)23/h5-10,14H,1-4H3,(H,19,21). The summed E-state index contributed by atoms with van der Waals surface area (Å²) in [5, 5.41) is 13.6. The summed E-state index contributed by atoms with van der Waals surface area (Å²) in [6.45, 7) is 7.19. The fourth-order valence-corrected chi connectivity index (χ4v) is 2.22. The van der Waals surface area contributed by atoms with E-state index >= 15 is 0 Å². The molecule has 1 amide bonds. The zero-order valence-electron chi connectivity index (χ0n) is 14.1. The molecule has 0 aliphatic carbocycles. The molecule has 2 aromatic rings. The summed E-state index contributed by atoms with van der Waals surface area (Å²) in [5.74, 6) is 0.279. The van der Waals surface area contributed by atoms with Gasteiger partial charge in [-0.1, -0.05) is 18.2 Å². The van der Waals surface area contributed by atoms with Gasteiger partial charge in [-0.25, -0.2) is 0 Å². The van der Waals surface area contributed by atoms with Gasteiger partial charge in [-0.3, -0.25) is 14.9 Å². The van der Waals surface area contributed by atoms with Crippen molar-refractivity contribution >= 4 is 17.3 Å². The molecular formula is C18H20N2O4. The summed E-state index contributed by atoms with van der Waals surface area (Å²) in [4.78, 5) is 22.8. The van der Waals surface area contributed by atoms with Gasteiger partial charge in [0.25, 0.3) is 11.6 Å². The highest BCUT2D eigenvalue weighted by molar-refractivity contribution is 5.94. The number of anilines is 1. The number of hydrogen-bond acceptors (Lipinski definition) is 4. The Bertz CT molecular complexity index is 787. The first-order chi connectivity index (χ1) is 11.3. The Morgan fingerprint density at radius 1 is 1.17 bits per heavy atom. The lowest BCUT2D eigenvalue weighted by atomic mass is 10.1. The summed E-state index contributed by atoms with van der Waals surface area (Å²) in [7, 11) is 0. The normalized spacial score (nSPS) is 11.7. The molecule has 0 radical (unpaired) electrons. The lowest BCUT2D eigenvalue weighted by Crippen LogP contribution is -2.30. The second-order valence-corrected chi connectivity index (χ2v) is 5.71. The average Bonchev–Trinajstić information content (AvgIpc) is 2.53. The van der Waals surface area contributed by atoms with Gasteiger partial charge in [0.15, 0.2) is 6.10 Å². The minimum absolute atomic E-state index is 0.0316. The summed E-state index contributed by atoms with van der Waals surface area (Å²) in [5.41, 5.74) is 2.93. The largest absolute Gasteiger partial charge is 0.481 e. The minimum Gasteiger partial charge on any atom is -0.481 e. The molecule has 6 heteroatoms. The molecule has 6 nitrogen and oxygen atoms in total. The van der Waals surface area contributed by atoms with Crippen LogP contribution in [0.5, 0.6) is 5.75 Å². The fraction of sp³-hybridized carbons (Fsp3) is 0.278. The Morgan fingerprint density at radius 2 is 1.88 bits per heavy atom. The van der Waals surface area contributed by atoms with Crippen LogP contribution in [0.25, 0.3) is 0 Å². The number of rotatable bonds is 5. The molecule has 126 valence electrons. The Hall–Kier alpha value is -2.89. The third-order valence-corrected chi connectivity index (χ3v) is 3.90. The summed E-state index contributed by atoms with van der Waals surface area (Å²) in [6, 6.07) is 10.2. The maximum Gasteiger partial charge on any atom is 0.274 e. The van der Waals surface area contributed by atoms with Crippen LogP contribution in [-0.2, 0) is 4.79 Å². The van der Waals surface area contributed by atoms with Crippen LogP contribution < -0.4 is 10.1 Å². The van der Waals surface area contributed by atoms with Gasteiger partial charge in [0, 0.05) is 17.3 Å². The van der Waals surface area contributed by atoms with Crippen LogP contribution >= 0.6 is 0 Å². The lowest BCUT2D eigenvalue weighted by molar-refractivity contribution is -0.385. The Labute approximate surface area is 140 Å². The summed E-state index contributed by atoms with van der Waals surface area (Å²) >= 11 is 0. The monoisotopic (exact) mass is 328 g/mol. The molecule has 0 heterocycles. The molecule has 0 saturated carbocycles. The molecule has 1 N–H and O–H groups in total. The number of benzene rings is 2. The zero-order chi connectivity index (χ0) is 17.9. The molecule has 0 spiro atoms. The van der Waals surface area contributed by atoms with E-state index in [1.807, 2.05) is 32.0 Å². The fourth-order valence-electron chi connectivity index (χ4n) is 2.22. The van der Waals surface area contributed by atoms with Gasteiger partial charge < -0.3 is 10.1 Å². The first kappa shape index (κ1) is 17.5. The number of nitro benzene ring substituents is 1. The molecule has 2 aromatic carbocycles. The minimum atomic E-state index is -0.731. The van der Waals surface area contributed by atoms with Gasteiger partial charge in [0.1, 0.15) is 5.75 Å². The van der Waals surface area contributed by atoms with Crippen LogP contribution in [0.1, 0.15) is 23.6 Å². The van der Waals surface area contributed by atoms with E-state index in [0.29, 0.717) is 17.0 Å². The third-order valence-electron chi connectivity index (χ3n) is 3.90. The van der Waals surface area contributed by atoms with Crippen molar-refractivity contribution in [2.75, 3.05) is 5.32 Å². The maximum atomic E-state index is 12.3. The van der Waals surface area contributed by atoms with Crippen LogP contribution in [0.3, 0.4) is 0 Å². The van der Waals surface area contributed by atoms with E-state index in [0.717, 1.165) is 11.1 Å². The zero-order valence-corrected chi connectivity index (χ0v) is 14.1. The maximum absolute atomic E-state index is 12.3. The van der Waals surface area contributed by atoms with Gasteiger partial charge in [-0.05, 0) is 51.0 Å². The number of carbonyl (C=O) groups excluding carboxylic acids is 1. The third kappa shape index (κ3) is 3.90. The topological polar surface area (TPSA) is 81.5 Å². The van der Waals surface area contributed by atoms with Crippen LogP contribution in [0.15, 0.2) is 36.4 Å². The SMILES string of the molecule is Cc1ccc(NC(=O)C(C)Oc2cccc(C)c2C)cc1[N+](=O)[O-].